The minimum Gasteiger partial charge on any atom is -0.490 e. The van der Waals surface area contributed by atoms with E-state index < -0.39 is 11.7 Å². The van der Waals surface area contributed by atoms with E-state index >= 15 is 0 Å². The molecule has 0 spiro atoms. The third kappa shape index (κ3) is 5.62. The number of hydrogen-bond donors (Lipinski definition) is 0. The lowest BCUT2D eigenvalue weighted by atomic mass is 9.97. The van der Waals surface area contributed by atoms with Crippen LogP contribution in [0.4, 0.5) is 4.79 Å². The zero-order valence-corrected chi connectivity index (χ0v) is 17.0. The van der Waals surface area contributed by atoms with Crippen LogP contribution < -0.4 is 4.74 Å². The first-order chi connectivity index (χ1) is 13.3. The number of ether oxygens (including phenoxy) is 3. The summed E-state index contributed by atoms with van der Waals surface area (Å²) in [6, 6.07) is 7.11. The Balaban J connectivity index is 2.31. The summed E-state index contributed by atoms with van der Waals surface area (Å²) in [6.45, 7) is 8.15. The van der Waals surface area contributed by atoms with Crippen molar-refractivity contribution in [1.29, 1.82) is 5.26 Å². The SMILES string of the molecule is CCOC(=O)CCCC1c2cccc(C#N)c2OCCN1C(=O)OC(C)(C)C. The van der Waals surface area contributed by atoms with E-state index in [9.17, 15) is 14.9 Å². The first-order valence-corrected chi connectivity index (χ1v) is 9.58. The fourth-order valence-corrected chi connectivity index (χ4v) is 3.16. The molecule has 1 unspecified atom stereocenters. The largest absolute Gasteiger partial charge is 0.490 e. The molecule has 0 saturated carbocycles. The number of nitriles is 1. The van der Waals surface area contributed by atoms with Crippen molar-refractivity contribution in [3.8, 4) is 11.8 Å². The number of hydrogen-bond acceptors (Lipinski definition) is 6. The van der Waals surface area contributed by atoms with E-state index in [1.165, 1.54) is 0 Å². The highest BCUT2D eigenvalue weighted by Crippen LogP contribution is 2.38. The molecule has 0 N–H and O–H groups in total. The van der Waals surface area contributed by atoms with Crippen molar-refractivity contribution in [3.05, 3.63) is 29.3 Å². The van der Waals surface area contributed by atoms with Gasteiger partial charge in [0.25, 0.3) is 0 Å². The van der Waals surface area contributed by atoms with Gasteiger partial charge >= 0.3 is 12.1 Å². The fourth-order valence-electron chi connectivity index (χ4n) is 3.16. The zero-order chi connectivity index (χ0) is 20.7. The average Bonchev–Trinajstić information content (AvgIpc) is 2.80. The second-order valence-electron chi connectivity index (χ2n) is 7.57. The van der Waals surface area contributed by atoms with Crippen molar-refractivity contribution in [1.82, 2.24) is 4.90 Å². The molecule has 1 aliphatic rings. The molecule has 152 valence electrons. The first-order valence-electron chi connectivity index (χ1n) is 9.58. The number of esters is 1. The molecule has 0 saturated heterocycles. The third-order valence-corrected chi connectivity index (χ3v) is 4.27. The normalized spacial score (nSPS) is 16.2. The average molecular weight is 388 g/mol. The van der Waals surface area contributed by atoms with Crippen molar-refractivity contribution in [2.75, 3.05) is 19.8 Å². The van der Waals surface area contributed by atoms with Crippen LogP contribution in [0.15, 0.2) is 18.2 Å². The predicted molar refractivity (Wildman–Crippen MR) is 103 cm³/mol. The van der Waals surface area contributed by atoms with Gasteiger partial charge in [-0.25, -0.2) is 4.79 Å². The van der Waals surface area contributed by atoms with Crippen molar-refractivity contribution in [2.24, 2.45) is 0 Å². The number of rotatable bonds is 5. The van der Waals surface area contributed by atoms with Crippen molar-refractivity contribution in [3.63, 3.8) is 0 Å². The van der Waals surface area contributed by atoms with Crippen molar-refractivity contribution < 1.29 is 23.8 Å². The van der Waals surface area contributed by atoms with Gasteiger partial charge in [0.2, 0.25) is 0 Å². The summed E-state index contributed by atoms with van der Waals surface area (Å²) in [4.78, 5) is 26.2. The smallest absolute Gasteiger partial charge is 0.410 e. The van der Waals surface area contributed by atoms with E-state index in [1.54, 1.807) is 24.0 Å². The van der Waals surface area contributed by atoms with E-state index in [0.29, 0.717) is 37.3 Å². The van der Waals surface area contributed by atoms with Gasteiger partial charge in [0.15, 0.2) is 0 Å². The van der Waals surface area contributed by atoms with E-state index in [4.69, 9.17) is 14.2 Å². The second kappa shape index (κ2) is 9.45. The monoisotopic (exact) mass is 388 g/mol. The van der Waals surface area contributed by atoms with Crippen molar-refractivity contribution in [2.45, 2.75) is 58.6 Å². The molecule has 1 aromatic rings. The molecule has 7 nitrogen and oxygen atoms in total. The van der Waals surface area contributed by atoms with Crippen LogP contribution in [0.5, 0.6) is 5.75 Å². The minimum absolute atomic E-state index is 0.262. The molecule has 1 atom stereocenters. The Labute approximate surface area is 166 Å². The lowest BCUT2D eigenvalue weighted by Gasteiger charge is -2.32. The lowest BCUT2D eigenvalue weighted by molar-refractivity contribution is -0.143. The quantitative estimate of drug-likeness (QED) is 0.709. The van der Waals surface area contributed by atoms with Gasteiger partial charge in [-0.05, 0) is 46.6 Å². The standard InChI is InChI=1S/C21H28N2O5/c1-5-26-18(24)11-7-10-17-16-9-6-8-15(14-22)19(16)27-13-12-23(17)20(25)28-21(2,3)4/h6,8-9,17H,5,7,10-13H2,1-4H3. The third-order valence-electron chi connectivity index (χ3n) is 4.27. The summed E-state index contributed by atoms with van der Waals surface area (Å²) in [7, 11) is 0. The molecule has 1 amide bonds. The molecule has 0 aromatic heterocycles. The van der Waals surface area contributed by atoms with E-state index in [-0.39, 0.29) is 25.0 Å². The maximum Gasteiger partial charge on any atom is 0.410 e. The number of fused-ring (bicyclic) bond motifs is 1. The molecule has 0 radical (unpaired) electrons. The Bertz CT molecular complexity index is 748. The Morgan fingerprint density at radius 3 is 2.75 bits per heavy atom. The van der Waals surface area contributed by atoms with Gasteiger partial charge in [-0.15, -0.1) is 0 Å². The van der Waals surface area contributed by atoms with Crippen LogP contribution in [-0.2, 0) is 14.3 Å². The molecule has 1 heterocycles. The van der Waals surface area contributed by atoms with Gasteiger partial charge in [0, 0.05) is 12.0 Å². The molecule has 7 heteroatoms. The predicted octanol–water partition coefficient (Wildman–Crippen LogP) is 3.96. The topological polar surface area (TPSA) is 88.9 Å². The molecular weight excluding hydrogens is 360 g/mol. The summed E-state index contributed by atoms with van der Waals surface area (Å²) < 4.78 is 16.4. The van der Waals surface area contributed by atoms with Crippen LogP contribution in [-0.4, -0.2) is 42.3 Å². The first kappa shape index (κ1) is 21.5. The van der Waals surface area contributed by atoms with Crippen LogP contribution in [0.3, 0.4) is 0 Å². The lowest BCUT2D eigenvalue weighted by Crippen LogP contribution is -2.40. The molecule has 28 heavy (non-hydrogen) atoms. The van der Waals surface area contributed by atoms with Crippen molar-refractivity contribution >= 4 is 12.1 Å². The zero-order valence-electron chi connectivity index (χ0n) is 17.0. The minimum atomic E-state index is -0.628. The van der Waals surface area contributed by atoms with Gasteiger partial charge in [-0.2, -0.15) is 5.26 Å². The van der Waals surface area contributed by atoms with E-state index in [0.717, 1.165) is 5.56 Å². The Morgan fingerprint density at radius 2 is 2.11 bits per heavy atom. The molecule has 0 aliphatic carbocycles. The highest BCUT2D eigenvalue weighted by atomic mass is 16.6. The molecule has 1 aliphatic heterocycles. The van der Waals surface area contributed by atoms with Crippen LogP contribution in [0, 0.1) is 11.3 Å². The number of nitrogens with zero attached hydrogens (tertiary/aromatic N) is 2. The number of amides is 1. The molecule has 2 rings (SSSR count). The highest BCUT2D eigenvalue weighted by Gasteiger charge is 2.33. The Morgan fingerprint density at radius 1 is 1.36 bits per heavy atom. The van der Waals surface area contributed by atoms with Gasteiger partial charge in [0.05, 0.1) is 24.8 Å². The maximum atomic E-state index is 12.8. The number of carbonyl (C=O) groups is 2. The molecule has 1 aromatic carbocycles. The fraction of sp³-hybridized carbons (Fsp3) is 0.571. The van der Waals surface area contributed by atoms with Gasteiger partial charge in [0.1, 0.15) is 24.0 Å². The summed E-state index contributed by atoms with van der Waals surface area (Å²) in [5.41, 5.74) is 0.557. The maximum absolute atomic E-state index is 12.8. The highest BCUT2D eigenvalue weighted by molar-refractivity contribution is 5.70. The van der Waals surface area contributed by atoms with Gasteiger partial charge in [-0.3, -0.25) is 9.69 Å². The Hall–Kier alpha value is -2.75. The van der Waals surface area contributed by atoms with E-state index in [1.807, 2.05) is 26.8 Å². The summed E-state index contributed by atoms with van der Waals surface area (Å²) in [5.74, 6) is 0.236. The van der Waals surface area contributed by atoms with Crippen LogP contribution in [0.25, 0.3) is 0 Å². The molecular formula is C21H28N2O5. The van der Waals surface area contributed by atoms with E-state index in [2.05, 4.69) is 6.07 Å². The second-order valence-corrected chi connectivity index (χ2v) is 7.57. The number of para-hydroxylation sites is 1. The molecule has 0 fully saturated rings. The number of carbonyl (C=O) groups excluding carboxylic acids is 2. The van der Waals surface area contributed by atoms with Gasteiger partial charge in [-0.1, -0.05) is 12.1 Å². The summed E-state index contributed by atoms with van der Waals surface area (Å²) in [6.07, 6.45) is 0.899. The summed E-state index contributed by atoms with van der Waals surface area (Å²) in [5, 5.41) is 9.41. The number of benzene rings is 1. The summed E-state index contributed by atoms with van der Waals surface area (Å²) >= 11 is 0. The van der Waals surface area contributed by atoms with Crippen LogP contribution in [0.1, 0.15) is 64.1 Å². The molecule has 0 bridgehead atoms. The van der Waals surface area contributed by atoms with Crippen LogP contribution in [0.2, 0.25) is 0 Å². The van der Waals surface area contributed by atoms with Crippen LogP contribution >= 0.6 is 0 Å². The van der Waals surface area contributed by atoms with Gasteiger partial charge < -0.3 is 14.2 Å². The Kier molecular flexibility index (Phi) is 7.27.